The Morgan fingerprint density at radius 1 is 0.714 bits per heavy atom. The second-order valence-corrected chi connectivity index (χ2v) is 9.55. The Kier molecular flexibility index (Phi) is 4.53. The van der Waals surface area contributed by atoms with Gasteiger partial charge in [0.2, 0.25) is 0 Å². The molecule has 0 spiro atoms. The third-order valence-electron chi connectivity index (χ3n) is 7.24. The van der Waals surface area contributed by atoms with Gasteiger partial charge in [0.1, 0.15) is 0 Å². The van der Waals surface area contributed by atoms with E-state index in [0.717, 1.165) is 6.42 Å². The summed E-state index contributed by atoms with van der Waals surface area (Å²) in [5.74, 6) is 0.554. The van der Waals surface area contributed by atoms with Crippen molar-refractivity contribution < 1.29 is 0 Å². The lowest BCUT2D eigenvalue weighted by atomic mass is 9.97. The molecular weight excluding hydrogens is 424 g/mol. The number of hydrogen-bond acceptors (Lipinski definition) is 0. The molecule has 168 valence electrons. The van der Waals surface area contributed by atoms with E-state index in [1.54, 1.807) is 0 Å². The van der Waals surface area contributed by atoms with Crippen LogP contribution >= 0.6 is 0 Å². The van der Waals surface area contributed by atoms with Gasteiger partial charge in [0, 0.05) is 32.6 Å². The molecule has 0 bridgehead atoms. The summed E-state index contributed by atoms with van der Waals surface area (Å²) in [6.45, 7) is 2.30. The van der Waals surface area contributed by atoms with E-state index in [2.05, 4.69) is 132 Å². The average molecular weight is 451 g/mol. The van der Waals surface area contributed by atoms with Crippen LogP contribution in [0.2, 0.25) is 0 Å². The maximum absolute atomic E-state index is 3.83. The van der Waals surface area contributed by atoms with E-state index >= 15 is 0 Å². The maximum atomic E-state index is 3.83. The number of aromatic nitrogens is 2. The summed E-state index contributed by atoms with van der Waals surface area (Å²) in [4.78, 5) is 3.83. The standard InChI is InChI=1S/C33H26N2/c1-22-17-20-29-28(21-22)26-18-19-27-30(23-11-5-2-6-12-23)32(24-13-7-3-8-14-24)35(33(27)31(26)34-29)25-15-9-4-10-16-25/h2-16,18-22,34H,17H2,1H3. The van der Waals surface area contributed by atoms with Gasteiger partial charge in [-0.2, -0.15) is 0 Å². The summed E-state index contributed by atoms with van der Waals surface area (Å²) >= 11 is 0. The fourth-order valence-corrected chi connectivity index (χ4v) is 5.67. The molecule has 0 saturated carbocycles. The van der Waals surface area contributed by atoms with Gasteiger partial charge in [-0.25, -0.2) is 0 Å². The number of nitrogens with zero attached hydrogens (tertiary/aromatic N) is 1. The number of para-hydroxylation sites is 1. The normalized spacial score (nSPS) is 15.1. The molecule has 0 fully saturated rings. The second-order valence-electron chi connectivity index (χ2n) is 9.55. The van der Waals surface area contributed by atoms with Crippen LogP contribution in [0.5, 0.6) is 0 Å². The van der Waals surface area contributed by atoms with Crippen LogP contribution in [0, 0.1) is 5.92 Å². The van der Waals surface area contributed by atoms with Crippen molar-refractivity contribution in [1.29, 1.82) is 0 Å². The molecule has 6 aromatic rings. The zero-order chi connectivity index (χ0) is 23.4. The minimum Gasteiger partial charge on any atom is -0.353 e. The maximum Gasteiger partial charge on any atom is 0.0783 e. The zero-order valence-electron chi connectivity index (χ0n) is 19.7. The lowest BCUT2D eigenvalue weighted by molar-refractivity contribution is 0.799. The predicted molar refractivity (Wildman–Crippen MR) is 148 cm³/mol. The van der Waals surface area contributed by atoms with E-state index in [0.29, 0.717) is 5.92 Å². The van der Waals surface area contributed by atoms with Crippen LogP contribution in [0.25, 0.3) is 62.0 Å². The molecule has 1 N–H and O–H groups in total. The largest absolute Gasteiger partial charge is 0.353 e. The van der Waals surface area contributed by atoms with Crippen molar-refractivity contribution in [1.82, 2.24) is 9.55 Å². The van der Waals surface area contributed by atoms with Gasteiger partial charge >= 0.3 is 0 Å². The van der Waals surface area contributed by atoms with Crippen LogP contribution in [0.4, 0.5) is 0 Å². The summed E-state index contributed by atoms with van der Waals surface area (Å²) in [7, 11) is 0. The number of aromatic amines is 1. The van der Waals surface area contributed by atoms with Crippen LogP contribution < -0.4 is 10.6 Å². The minimum atomic E-state index is 0.554. The molecule has 35 heavy (non-hydrogen) atoms. The van der Waals surface area contributed by atoms with Crippen molar-refractivity contribution in [3.63, 3.8) is 0 Å². The van der Waals surface area contributed by atoms with E-state index in [9.17, 15) is 0 Å². The van der Waals surface area contributed by atoms with Crippen molar-refractivity contribution in [3.8, 4) is 28.1 Å². The summed E-state index contributed by atoms with van der Waals surface area (Å²) in [5, 5.41) is 5.14. The smallest absolute Gasteiger partial charge is 0.0783 e. The number of benzene rings is 4. The van der Waals surface area contributed by atoms with Gasteiger partial charge in [0.05, 0.1) is 16.7 Å². The van der Waals surface area contributed by atoms with Crippen LogP contribution in [0.1, 0.15) is 13.3 Å². The Hall–Kier alpha value is -4.30. The lowest BCUT2D eigenvalue weighted by Gasteiger charge is -2.13. The average Bonchev–Trinajstić information content (AvgIpc) is 3.46. The molecule has 0 saturated heterocycles. The number of rotatable bonds is 3. The monoisotopic (exact) mass is 450 g/mol. The molecule has 2 nitrogen and oxygen atoms in total. The molecular formula is C33H26N2. The van der Waals surface area contributed by atoms with Crippen LogP contribution in [0.3, 0.4) is 0 Å². The van der Waals surface area contributed by atoms with Crippen molar-refractivity contribution in [3.05, 3.63) is 114 Å². The third kappa shape index (κ3) is 3.10. The lowest BCUT2D eigenvalue weighted by Crippen LogP contribution is -2.26. The van der Waals surface area contributed by atoms with E-state index in [1.807, 2.05) is 0 Å². The number of hydrogen-bond donors (Lipinski definition) is 1. The fourth-order valence-electron chi connectivity index (χ4n) is 5.67. The number of fused-ring (bicyclic) bond motifs is 5. The highest BCUT2D eigenvalue weighted by Crippen LogP contribution is 2.44. The molecule has 2 heterocycles. The molecule has 1 aliphatic rings. The molecule has 0 aliphatic heterocycles. The Morgan fingerprint density at radius 3 is 2.06 bits per heavy atom. The molecule has 2 aromatic heterocycles. The third-order valence-corrected chi connectivity index (χ3v) is 7.24. The summed E-state index contributed by atoms with van der Waals surface area (Å²) in [6, 6.07) is 37.0. The number of H-pyrrole nitrogens is 1. The van der Waals surface area contributed by atoms with Crippen molar-refractivity contribution in [2.75, 3.05) is 0 Å². The zero-order valence-corrected chi connectivity index (χ0v) is 19.7. The first-order valence-corrected chi connectivity index (χ1v) is 12.4. The summed E-state index contributed by atoms with van der Waals surface area (Å²) in [6.07, 6.45) is 5.86. The van der Waals surface area contributed by atoms with Crippen molar-refractivity contribution >= 4 is 34.0 Å². The molecule has 1 atom stereocenters. The highest BCUT2D eigenvalue weighted by atomic mass is 15.0. The topological polar surface area (TPSA) is 20.7 Å². The first-order chi connectivity index (χ1) is 17.3. The van der Waals surface area contributed by atoms with E-state index in [-0.39, 0.29) is 0 Å². The first-order valence-electron chi connectivity index (χ1n) is 12.4. The molecule has 1 aliphatic carbocycles. The Morgan fingerprint density at radius 2 is 1.34 bits per heavy atom. The van der Waals surface area contributed by atoms with Crippen LogP contribution in [0.15, 0.2) is 103 Å². The van der Waals surface area contributed by atoms with Gasteiger partial charge in [-0.1, -0.05) is 110 Å². The fraction of sp³-hybridized carbons (Fsp3) is 0.0909. The van der Waals surface area contributed by atoms with Gasteiger partial charge in [0.15, 0.2) is 0 Å². The summed E-state index contributed by atoms with van der Waals surface area (Å²) < 4.78 is 2.46. The molecule has 0 radical (unpaired) electrons. The molecule has 4 aromatic carbocycles. The second kappa shape index (κ2) is 7.89. The summed E-state index contributed by atoms with van der Waals surface area (Å²) in [5.41, 5.74) is 8.54. The Labute approximate surface area is 204 Å². The van der Waals surface area contributed by atoms with E-state index in [4.69, 9.17) is 0 Å². The van der Waals surface area contributed by atoms with Gasteiger partial charge in [-0.15, -0.1) is 0 Å². The van der Waals surface area contributed by atoms with E-state index < -0.39 is 0 Å². The van der Waals surface area contributed by atoms with Gasteiger partial charge < -0.3 is 9.55 Å². The van der Waals surface area contributed by atoms with E-state index in [1.165, 1.54) is 60.4 Å². The predicted octanol–water partition coefficient (Wildman–Crippen LogP) is 7.05. The van der Waals surface area contributed by atoms with Crippen LogP contribution in [-0.2, 0) is 0 Å². The van der Waals surface area contributed by atoms with Gasteiger partial charge in [-0.3, -0.25) is 0 Å². The molecule has 0 amide bonds. The quantitative estimate of drug-likeness (QED) is 0.298. The molecule has 7 rings (SSSR count). The van der Waals surface area contributed by atoms with Gasteiger partial charge in [0.25, 0.3) is 0 Å². The van der Waals surface area contributed by atoms with Gasteiger partial charge in [-0.05, 0) is 35.6 Å². The van der Waals surface area contributed by atoms with Crippen molar-refractivity contribution in [2.24, 2.45) is 5.92 Å². The number of nitrogens with one attached hydrogen (secondary N) is 1. The minimum absolute atomic E-state index is 0.554. The highest BCUT2D eigenvalue weighted by Gasteiger charge is 2.23. The Bertz CT molecular complexity index is 1810. The van der Waals surface area contributed by atoms with Crippen LogP contribution in [-0.4, -0.2) is 9.55 Å². The first kappa shape index (κ1) is 20.1. The molecule has 1 unspecified atom stereocenters. The SMILES string of the molecule is CC1C=c2c([nH]c3c2ccc2c(-c4ccccc4)c(-c4ccccc4)n(-c4ccccc4)c23)=CC1. The Balaban J connectivity index is 1.74. The molecule has 2 heteroatoms. The highest BCUT2D eigenvalue weighted by molar-refractivity contribution is 6.15. The van der Waals surface area contributed by atoms with Crippen molar-refractivity contribution in [2.45, 2.75) is 13.3 Å².